The van der Waals surface area contributed by atoms with Gasteiger partial charge in [0.15, 0.2) is 0 Å². The van der Waals surface area contributed by atoms with Gasteiger partial charge in [0.05, 0.1) is 34.9 Å². The molecule has 37 heavy (non-hydrogen) atoms. The van der Waals surface area contributed by atoms with Crippen molar-refractivity contribution in [3.05, 3.63) is 126 Å². The Balaban J connectivity index is 1.73. The lowest BCUT2D eigenvalue weighted by Gasteiger charge is -2.26. The first-order valence-electron chi connectivity index (χ1n) is 11.7. The molecule has 0 saturated heterocycles. The van der Waals surface area contributed by atoms with Crippen molar-refractivity contribution in [1.82, 2.24) is 0 Å². The number of hydrogen-bond acceptors (Lipinski definition) is 5. The standard InChI is InChI=1S/C29H26N2O5S/c1-2-36-29(33)23-14-11-15-24(20-23)30-28(32)26-18-9-10-19-27(26)31(21-22-12-5-3-6-13-22)37(34,35)25-16-7-4-8-17-25/h3-20H,2,21H2,1H3,(H,30,32). The fraction of sp³-hybridized carbons (Fsp3) is 0.103. The predicted octanol–water partition coefficient (Wildman–Crippen LogP) is 5.51. The van der Waals surface area contributed by atoms with E-state index in [0.717, 1.165) is 5.56 Å². The van der Waals surface area contributed by atoms with Crippen LogP contribution in [0, 0.1) is 0 Å². The minimum absolute atomic E-state index is 0.0285. The van der Waals surface area contributed by atoms with E-state index >= 15 is 0 Å². The number of ether oxygens (including phenoxy) is 1. The van der Waals surface area contributed by atoms with Gasteiger partial charge in [-0.25, -0.2) is 13.2 Å². The van der Waals surface area contributed by atoms with Crippen LogP contribution in [0.1, 0.15) is 33.2 Å². The average Bonchev–Trinajstić information content (AvgIpc) is 2.93. The third-order valence-corrected chi connectivity index (χ3v) is 7.32. The molecule has 8 heteroatoms. The van der Waals surface area contributed by atoms with E-state index in [1.165, 1.54) is 22.5 Å². The molecule has 4 rings (SSSR count). The number of carbonyl (C=O) groups is 2. The van der Waals surface area contributed by atoms with Crippen LogP contribution < -0.4 is 9.62 Å². The van der Waals surface area contributed by atoms with E-state index in [1.54, 1.807) is 67.6 Å². The van der Waals surface area contributed by atoms with Gasteiger partial charge in [-0.1, -0.05) is 66.7 Å². The summed E-state index contributed by atoms with van der Waals surface area (Å²) in [6, 6.07) is 30.2. The smallest absolute Gasteiger partial charge is 0.338 e. The van der Waals surface area contributed by atoms with E-state index in [2.05, 4.69) is 5.32 Å². The van der Waals surface area contributed by atoms with Gasteiger partial charge in [0.25, 0.3) is 15.9 Å². The predicted molar refractivity (Wildman–Crippen MR) is 143 cm³/mol. The van der Waals surface area contributed by atoms with Crippen molar-refractivity contribution in [2.75, 3.05) is 16.2 Å². The van der Waals surface area contributed by atoms with Gasteiger partial charge in [-0.3, -0.25) is 9.10 Å². The SMILES string of the molecule is CCOC(=O)c1cccc(NC(=O)c2ccccc2N(Cc2ccccc2)S(=O)(=O)c2ccccc2)c1. The lowest BCUT2D eigenvalue weighted by molar-refractivity contribution is 0.0526. The molecule has 1 amide bonds. The number of nitrogens with one attached hydrogen (secondary N) is 1. The van der Waals surface area contributed by atoms with E-state index in [9.17, 15) is 18.0 Å². The molecular formula is C29H26N2O5S. The summed E-state index contributed by atoms with van der Waals surface area (Å²) in [5.41, 5.74) is 1.84. The van der Waals surface area contributed by atoms with Crippen LogP contribution in [0.2, 0.25) is 0 Å². The number of amides is 1. The number of benzene rings is 4. The third-order valence-electron chi connectivity index (χ3n) is 5.55. The summed E-state index contributed by atoms with van der Waals surface area (Å²) in [7, 11) is -4.01. The summed E-state index contributed by atoms with van der Waals surface area (Å²) >= 11 is 0. The Hall–Kier alpha value is -4.43. The highest BCUT2D eigenvalue weighted by Gasteiger charge is 2.28. The fourth-order valence-corrected chi connectivity index (χ4v) is 5.28. The van der Waals surface area contributed by atoms with Crippen molar-refractivity contribution in [3.63, 3.8) is 0 Å². The zero-order chi connectivity index (χ0) is 26.3. The van der Waals surface area contributed by atoms with Gasteiger partial charge in [-0.15, -0.1) is 0 Å². The number of rotatable bonds is 9. The number of anilines is 2. The molecule has 0 heterocycles. The van der Waals surface area contributed by atoms with Crippen molar-refractivity contribution in [2.45, 2.75) is 18.4 Å². The molecule has 0 aliphatic heterocycles. The summed E-state index contributed by atoms with van der Waals surface area (Å²) in [6.07, 6.45) is 0. The summed E-state index contributed by atoms with van der Waals surface area (Å²) in [5.74, 6) is -1.01. The molecule has 0 fully saturated rings. The molecule has 7 nitrogen and oxygen atoms in total. The molecule has 0 aromatic heterocycles. The van der Waals surface area contributed by atoms with E-state index in [4.69, 9.17) is 4.74 Å². The second-order valence-electron chi connectivity index (χ2n) is 8.08. The van der Waals surface area contributed by atoms with Gasteiger partial charge in [-0.2, -0.15) is 0 Å². The highest BCUT2D eigenvalue weighted by atomic mass is 32.2. The Bertz CT molecular complexity index is 1490. The molecule has 4 aromatic rings. The van der Waals surface area contributed by atoms with Crippen LogP contribution >= 0.6 is 0 Å². The Labute approximate surface area is 216 Å². The van der Waals surface area contributed by atoms with Crippen LogP contribution in [0.15, 0.2) is 114 Å². The Morgan fingerprint density at radius 2 is 1.46 bits per heavy atom. The molecule has 0 atom stereocenters. The van der Waals surface area contributed by atoms with Crippen LogP contribution in [0.5, 0.6) is 0 Å². The van der Waals surface area contributed by atoms with Crippen LogP contribution in [-0.2, 0) is 21.3 Å². The molecule has 0 aliphatic rings. The van der Waals surface area contributed by atoms with Gasteiger partial charge in [-0.05, 0) is 55.0 Å². The van der Waals surface area contributed by atoms with Crippen molar-refractivity contribution in [1.29, 1.82) is 0 Å². The summed E-state index contributed by atoms with van der Waals surface area (Å²) < 4.78 is 33.9. The van der Waals surface area contributed by atoms with Crippen molar-refractivity contribution >= 4 is 33.3 Å². The molecule has 0 spiro atoms. The molecule has 0 unspecified atom stereocenters. The van der Waals surface area contributed by atoms with E-state index < -0.39 is 21.9 Å². The molecule has 0 saturated carbocycles. The van der Waals surface area contributed by atoms with Crippen molar-refractivity contribution < 1.29 is 22.7 Å². The maximum Gasteiger partial charge on any atom is 0.338 e. The number of hydrogen-bond donors (Lipinski definition) is 1. The van der Waals surface area contributed by atoms with Gasteiger partial charge in [0.2, 0.25) is 0 Å². The lowest BCUT2D eigenvalue weighted by Crippen LogP contribution is -2.32. The molecule has 0 bridgehead atoms. The number of esters is 1. The van der Waals surface area contributed by atoms with E-state index in [-0.39, 0.29) is 29.3 Å². The summed E-state index contributed by atoms with van der Waals surface area (Å²) in [4.78, 5) is 25.6. The zero-order valence-corrected chi connectivity index (χ0v) is 21.0. The Morgan fingerprint density at radius 3 is 2.16 bits per heavy atom. The number of nitrogens with zero attached hydrogens (tertiary/aromatic N) is 1. The van der Waals surface area contributed by atoms with E-state index in [0.29, 0.717) is 11.3 Å². The maximum atomic E-state index is 13.8. The van der Waals surface area contributed by atoms with Gasteiger partial charge < -0.3 is 10.1 Å². The zero-order valence-electron chi connectivity index (χ0n) is 20.2. The number of sulfonamides is 1. The largest absolute Gasteiger partial charge is 0.462 e. The second-order valence-corrected chi connectivity index (χ2v) is 9.95. The van der Waals surface area contributed by atoms with E-state index in [1.807, 2.05) is 30.3 Å². The van der Waals surface area contributed by atoms with Crippen LogP contribution in [0.3, 0.4) is 0 Å². The molecule has 4 aromatic carbocycles. The lowest BCUT2D eigenvalue weighted by atomic mass is 10.1. The average molecular weight is 515 g/mol. The fourth-order valence-electron chi connectivity index (χ4n) is 3.79. The quantitative estimate of drug-likeness (QED) is 0.297. The second kappa shape index (κ2) is 11.5. The number of carbonyl (C=O) groups excluding carboxylic acids is 2. The van der Waals surface area contributed by atoms with Gasteiger partial charge in [0, 0.05) is 5.69 Å². The number of para-hydroxylation sites is 1. The minimum atomic E-state index is -4.01. The Morgan fingerprint density at radius 1 is 0.811 bits per heavy atom. The van der Waals surface area contributed by atoms with Gasteiger partial charge in [0.1, 0.15) is 0 Å². The van der Waals surface area contributed by atoms with Crippen molar-refractivity contribution in [2.24, 2.45) is 0 Å². The van der Waals surface area contributed by atoms with Crippen LogP contribution in [-0.4, -0.2) is 26.9 Å². The highest BCUT2D eigenvalue weighted by Crippen LogP contribution is 2.30. The topological polar surface area (TPSA) is 92.8 Å². The molecule has 1 N–H and O–H groups in total. The minimum Gasteiger partial charge on any atom is -0.462 e. The maximum absolute atomic E-state index is 13.8. The summed E-state index contributed by atoms with van der Waals surface area (Å²) in [6.45, 7) is 1.97. The monoisotopic (exact) mass is 514 g/mol. The van der Waals surface area contributed by atoms with Crippen LogP contribution in [0.4, 0.5) is 11.4 Å². The Kier molecular flexibility index (Phi) is 8.00. The highest BCUT2D eigenvalue weighted by molar-refractivity contribution is 7.92. The first-order chi connectivity index (χ1) is 17.9. The molecular weight excluding hydrogens is 488 g/mol. The molecule has 0 radical (unpaired) electrons. The third kappa shape index (κ3) is 6.05. The van der Waals surface area contributed by atoms with Crippen LogP contribution in [0.25, 0.3) is 0 Å². The first-order valence-corrected chi connectivity index (χ1v) is 13.1. The first kappa shape index (κ1) is 25.7. The molecule has 0 aliphatic carbocycles. The summed E-state index contributed by atoms with van der Waals surface area (Å²) in [5, 5.41) is 2.78. The molecule has 188 valence electrons. The van der Waals surface area contributed by atoms with Crippen molar-refractivity contribution in [3.8, 4) is 0 Å². The van der Waals surface area contributed by atoms with Gasteiger partial charge >= 0.3 is 5.97 Å². The normalized spacial score (nSPS) is 10.9.